The van der Waals surface area contributed by atoms with Crippen LogP contribution in [-0.2, 0) is 14.8 Å². The molecular weight excluding hydrogens is 435 g/mol. The van der Waals surface area contributed by atoms with Crippen LogP contribution in [0.3, 0.4) is 0 Å². The summed E-state index contributed by atoms with van der Waals surface area (Å²) in [6.45, 7) is 2.39. The molecule has 1 N–H and O–H groups in total. The summed E-state index contributed by atoms with van der Waals surface area (Å²) >= 11 is 0. The van der Waals surface area contributed by atoms with E-state index in [0.717, 1.165) is 17.7 Å². The number of benzene rings is 2. The number of ether oxygens (including phenoxy) is 2. The SMILES string of the molecule is CCC(NC(=O)C1CCCN(S(=O)(=O)c2ccc(F)cc2)C1)c1ccc(OC)c(OC)c1. The molecule has 1 aliphatic heterocycles. The lowest BCUT2D eigenvalue weighted by Gasteiger charge is -2.32. The fraction of sp³-hybridized carbons (Fsp3) is 0.435. The minimum absolute atomic E-state index is 0.0247. The first-order chi connectivity index (χ1) is 15.3. The molecule has 2 atom stereocenters. The van der Waals surface area contributed by atoms with Crippen molar-refractivity contribution in [3.8, 4) is 11.5 Å². The van der Waals surface area contributed by atoms with E-state index >= 15 is 0 Å². The van der Waals surface area contributed by atoms with Crippen molar-refractivity contribution in [2.75, 3.05) is 27.3 Å². The lowest BCUT2D eigenvalue weighted by atomic mass is 9.97. The Bertz CT molecular complexity index is 1040. The molecule has 0 aromatic heterocycles. The smallest absolute Gasteiger partial charge is 0.243 e. The highest BCUT2D eigenvalue weighted by Gasteiger charge is 2.34. The van der Waals surface area contributed by atoms with Gasteiger partial charge in [0.1, 0.15) is 5.82 Å². The summed E-state index contributed by atoms with van der Waals surface area (Å²) in [5.74, 6) is 0.0257. The standard InChI is InChI=1S/C23H29FN2O5S/c1-4-20(16-7-12-21(30-2)22(14-16)31-3)25-23(27)17-6-5-13-26(15-17)32(28,29)19-10-8-18(24)9-11-19/h7-12,14,17,20H,4-6,13,15H2,1-3H3,(H,25,27). The third kappa shape index (κ3) is 5.21. The lowest BCUT2D eigenvalue weighted by molar-refractivity contribution is -0.126. The van der Waals surface area contributed by atoms with Gasteiger partial charge < -0.3 is 14.8 Å². The first kappa shape index (κ1) is 24.0. The van der Waals surface area contributed by atoms with E-state index in [4.69, 9.17) is 9.47 Å². The summed E-state index contributed by atoms with van der Waals surface area (Å²) in [6.07, 6.45) is 1.83. The Kier molecular flexibility index (Phi) is 7.73. The lowest BCUT2D eigenvalue weighted by Crippen LogP contribution is -2.46. The number of halogens is 1. The number of nitrogens with zero attached hydrogens (tertiary/aromatic N) is 1. The molecule has 174 valence electrons. The number of carbonyl (C=O) groups excluding carboxylic acids is 1. The largest absolute Gasteiger partial charge is 0.493 e. The number of nitrogens with one attached hydrogen (secondary N) is 1. The second-order valence-corrected chi connectivity index (χ2v) is 9.68. The zero-order chi connectivity index (χ0) is 23.3. The average Bonchev–Trinajstić information content (AvgIpc) is 2.82. The molecule has 9 heteroatoms. The molecule has 0 radical (unpaired) electrons. The second-order valence-electron chi connectivity index (χ2n) is 7.74. The van der Waals surface area contributed by atoms with Gasteiger partial charge in [-0.1, -0.05) is 13.0 Å². The third-order valence-corrected chi connectivity index (χ3v) is 7.62. The Hall–Kier alpha value is -2.65. The second kappa shape index (κ2) is 10.3. The van der Waals surface area contributed by atoms with Crippen LogP contribution in [0.2, 0.25) is 0 Å². The Morgan fingerprint density at radius 3 is 2.47 bits per heavy atom. The molecule has 1 fully saturated rings. The molecule has 3 rings (SSSR count). The Morgan fingerprint density at radius 2 is 1.84 bits per heavy atom. The minimum Gasteiger partial charge on any atom is -0.493 e. The number of hydrogen-bond donors (Lipinski definition) is 1. The summed E-state index contributed by atoms with van der Waals surface area (Å²) in [6, 6.07) is 10.00. The van der Waals surface area contributed by atoms with Crippen molar-refractivity contribution < 1.29 is 27.1 Å². The first-order valence-corrected chi connectivity index (χ1v) is 12.0. The molecular formula is C23H29FN2O5S. The van der Waals surface area contributed by atoms with Crippen molar-refractivity contribution in [3.63, 3.8) is 0 Å². The van der Waals surface area contributed by atoms with Crippen LogP contribution in [0.1, 0.15) is 37.8 Å². The summed E-state index contributed by atoms with van der Waals surface area (Å²) in [5, 5.41) is 3.05. The highest BCUT2D eigenvalue weighted by Crippen LogP contribution is 2.31. The number of sulfonamides is 1. The van der Waals surface area contributed by atoms with Gasteiger partial charge in [0.25, 0.3) is 0 Å². The number of rotatable bonds is 8. The maximum atomic E-state index is 13.2. The Balaban J connectivity index is 1.72. The van der Waals surface area contributed by atoms with Crippen molar-refractivity contribution in [2.24, 2.45) is 5.92 Å². The van der Waals surface area contributed by atoms with E-state index in [-0.39, 0.29) is 23.4 Å². The van der Waals surface area contributed by atoms with Crippen LogP contribution in [0.15, 0.2) is 47.4 Å². The van der Waals surface area contributed by atoms with Crippen LogP contribution < -0.4 is 14.8 Å². The molecule has 0 bridgehead atoms. The molecule has 7 nitrogen and oxygen atoms in total. The van der Waals surface area contributed by atoms with Crippen LogP contribution in [0.4, 0.5) is 4.39 Å². The van der Waals surface area contributed by atoms with Gasteiger partial charge in [0.05, 0.1) is 31.1 Å². The van der Waals surface area contributed by atoms with Crippen molar-refractivity contribution in [2.45, 2.75) is 37.1 Å². The number of carbonyl (C=O) groups is 1. The van der Waals surface area contributed by atoms with E-state index in [1.807, 2.05) is 19.1 Å². The number of methoxy groups -OCH3 is 2. The predicted octanol–water partition coefficient (Wildman–Crippen LogP) is 3.51. The van der Waals surface area contributed by atoms with Crippen molar-refractivity contribution in [1.82, 2.24) is 9.62 Å². The van der Waals surface area contributed by atoms with Gasteiger partial charge in [-0.25, -0.2) is 12.8 Å². The van der Waals surface area contributed by atoms with Crippen LogP contribution in [0, 0.1) is 11.7 Å². The van der Waals surface area contributed by atoms with Gasteiger partial charge in [-0.2, -0.15) is 4.31 Å². The van der Waals surface area contributed by atoms with Crippen molar-refractivity contribution in [3.05, 3.63) is 53.8 Å². The van der Waals surface area contributed by atoms with Crippen LogP contribution in [0.5, 0.6) is 11.5 Å². The monoisotopic (exact) mass is 464 g/mol. The fourth-order valence-corrected chi connectivity index (χ4v) is 5.43. The topological polar surface area (TPSA) is 84.9 Å². The highest BCUT2D eigenvalue weighted by atomic mass is 32.2. The molecule has 2 aromatic carbocycles. The fourth-order valence-electron chi connectivity index (χ4n) is 3.91. The van der Waals surface area contributed by atoms with Crippen molar-refractivity contribution in [1.29, 1.82) is 0 Å². The third-order valence-electron chi connectivity index (χ3n) is 5.74. The summed E-state index contributed by atoms with van der Waals surface area (Å²) in [5.41, 5.74) is 0.880. The maximum absolute atomic E-state index is 13.2. The van der Waals surface area contributed by atoms with Gasteiger partial charge >= 0.3 is 0 Å². The number of piperidine rings is 1. The Labute approximate surface area is 188 Å². The number of amides is 1. The zero-order valence-corrected chi connectivity index (χ0v) is 19.3. The molecule has 2 unspecified atom stereocenters. The van der Waals surface area contributed by atoms with Gasteiger partial charge in [0, 0.05) is 13.1 Å². The van der Waals surface area contributed by atoms with E-state index < -0.39 is 21.8 Å². The van der Waals surface area contributed by atoms with Gasteiger partial charge in [0.2, 0.25) is 15.9 Å². The van der Waals surface area contributed by atoms with Gasteiger partial charge in [-0.3, -0.25) is 4.79 Å². The van der Waals surface area contributed by atoms with E-state index in [9.17, 15) is 17.6 Å². The van der Waals surface area contributed by atoms with Gasteiger partial charge in [-0.05, 0) is 61.2 Å². The average molecular weight is 465 g/mol. The molecule has 2 aromatic rings. The van der Waals surface area contributed by atoms with E-state index in [0.29, 0.717) is 37.3 Å². The van der Waals surface area contributed by atoms with E-state index in [1.54, 1.807) is 20.3 Å². The first-order valence-electron chi connectivity index (χ1n) is 10.6. The van der Waals surface area contributed by atoms with Gasteiger partial charge in [0.15, 0.2) is 11.5 Å². The number of hydrogen-bond acceptors (Lipinski definition) is 5. The van der Waals surface area contributed by atoms with Crippen LogP contribution in [0.25, 0.3) is 0 Å². The Morgan fingerprint density at radius 1 is 1.16 bits per heavy atom. The maximum Gasteiger partial charge on any atom is 0.243 e. The minimum atomic E-state index is -3.79. The van der Waals surface area contributed by atoms with Crippen LogP contribution >= 0.6 is 0 Å². The van der Waals surface area contributed by atoms with E-state index in [1.165, 1.54) is 16.4 Å². The van der Waals surface area contributed by atoms with E-state index in [2.05, 4.69) is 5.32 Å². The summed E-state index contributed by atoms with van der Waals surface area (Å²) in [4.78, 5) is 13.1. The van der Waals surface area contributed by atoms with Crippen LogP contribution in [-0.4, -0.2) is 45.9 Å². The summed E-state index contributed by atoms with van der Waals surface area (Å²) < 4.78 is 51.0. The predicted molar refractivity (Wildman–Crippen MR) is 119 cm³/mol. The molecule has 1 amide bonds. The molecule has 0 spiro atoms. The summed E-state index contributed by atoms with van der Waals surface area (Å²) in [7, 11) is -0.676. The molecule has 32 heavy (non-hydrogen) atoms. The molecule has 1 saturated heterocycles. The zero-order valence-electron chi connectivity index (χ0n) is 18.5. The quantitative estimate of drug-likeness (QED) is 0.646. The molecule has 0 aliphatic carbocycles. The normalized spacial score (nSPS) is 18.1. The molecule has 0 saturated carbocycles. The highest BCUT2D eigenvalue weighted by molar-refractivity contribution is 7.89. The van der Waals surface area contributed by atoms with Crippen molar-refractivity contribution >= 4 is 15.9 Å². The molecule has 1 heterocycles. The van der Waals surface area contributed by atoms with Gasteiger partial charge in [-0.15, -0.1) is 0 Å². The molecule has 1 aliphatic rings.